The third kappa shape index (κ3) is 2.07. The van der Waals surface area contributed by atoms with E-state index < -0.39 is 11.6 Å². The first-order valence-electron chi connectivity index (χ1n) is 9.35. The molecule has 0 radical (unpaired) electrons. The number of rotatable bonds is 2. The molecule has 27 heavy (non-hydrogen) atoms. The fourth-order valence-corrected chi connectivity index (χ4v) is 5.24. The van der Waals surface area contributed by atoms with Gasteiger partial charge in [0.1, 0.15) is 17.5 Å². The molecule has 2 heterocycles. The average molecular weight is 365 g/mol. The molecule has 0 amide bonds. The van der Waals surface area contributed by atoms with Crippen LogP contribution < -0.4 is 5.69 Å². The third-order valence-corrected chi connectivity index (χ3v) is 6.41. The topological polar surface area (TPSA) is 39.8 Å². The Bertz CT molecular complexity index is 1130. The van der Waals surface area contributed by atoms with Gasteiger partial charge < -0.3 is 0 Å². The molecule has 3 unspecified atom stereocenters. The summed E-state index contributed by atoms with van der Waals surface area (Å²) >= 11 is 0. The summed E-state index contributed by atoms with van der Waals surface area (Å²) in [4.78, 5) is 13.1. The highest BCUT2D eigenvalue weighted by molar-refractivity contribution is 5.44. The fraction of sp³-hybridized carbons (Fsp3) is 0.333. The van der Waals surface area contributed by atoms with Crippen LogP contribution >= 0.6 is 0 Å². The molecular weight excluding hydrogens is 348 g/mol. The van der Waals surface area contributed by atoms with Gasteiger partial charge in [-0.05, 0) is 47.6 Å². The lowest BCUT2D eigenvalue weighted by Gasteiger charge is -2.13. The second-order valence-electron chi connectivity index (χ2n) is 7.85. The van der Waals surface area contributed by atoms with Crippen LogP contribution in [0.15, 0.2) is 47.3 Å². The van der Waals surface area contributed by atoms with Gasteiger partial charge in [0.05, 0.1) is 12.1 Å². The SMILES string of the molecule is O=c1n(C2C3Cc4ccccc4C32)nc2n1[C@H](c1cc(F)cc(F)c1)CC2. The molecular formula is C21H17F2N3O. The monoisotopic (exact) mass is 365 g/mol. The predicted octanol–water partition coefficient (Wildman–Crippen LogP) is 3.37. The van der Waals surface area contributed by atoms with Gasteiger partial charge in [0.2, 0.25) is 0 Å². The number of hydrogen-bond donors (Lipinski definition) is 0. The Morgan fingerprint density at radius 3 is 2.67 bits per heavy atom. The summed E-state index contributed by atoms with van der Waals surface area (Å²) in [7, 11) is 0. The summed E-state index contributed by atoms with van der Waals surface area (Å²) in [6.07, 6.45) is 2.27. The highest BCUT2D eigenvalue weighted by Gasteiger charge is 2.58. The molecule has 136 valence electrons. The maximum Gasteiger partial charge on any atom is 0.346 e. The Morgan fingerprint density at radius 2 is 1.85 bits per heavy atom. The maximum absolute atomic E-state index is 13.6. The Kier molecular flexibility index (Phi) is 2.92. The molecule has 0 bridgehead atoms. The van der Waals surface area contributed by atoms with Crippen molar-refractivity contribution in [3.05, 3.63) is 87.1 Å². The van der Waals surface area contributed by atoms with E-state index in [1.807, 2.05) is 6.07 Å². The van der Waals surface area contributed by atoms with Crippen molar-refractivity contribution in [1.29, 1.82) is 0 Å². The minimum Gasteiger partial charge on any atom is -0.271 e. The summed E-state index contributed by atoms with van der Waals surface area (Å²) in [5, 5.41) is 4.61. The lowest BCUT2D eigenvalue weighted by Crippen LogP contribution is -2.28. The molecule has 6 heteroatoms. The van der Waals surface area contributed by atoms with E-state index in [9.17, 15) is 13.6 Å². The molecule has 3 aromatic rings. The largest absolute Gasteiger partial charge is 0.346 e. The van der Waals surface area contributed by atoms with Crippen molar-refractivity contribution < 1.29 is 8.78 Å². The van der Waals surface area contributed by atoms with Crippen molar-refractivity contribution in [2.24, 2.45) is 5.92 Å². The maximum atomic E-state index is 13.6. The molecule has 1 fully saturated rings. The van der Waals surface area contributed by atoms with E-state index in [0.717, 1.165) is 12.5 Å². The number of benzene rings is 2. The Hall–Kier alpha value is -2.76. The van der Waals surface area contributed by atoms with Crippen LogP contribution in [-0.2, 0) is 12.8 Å². The highest BCUT2D eigenvalue weighted by Crippen LogP contribution is 2.63. The van der Waals surface area contributed by atoms with Crippen LogP contribution in [0.3, 0.4) is 0 Å². The van der Waals surface area contributed by atoms with Crippen LogP contribution in [0, 0.1) is 17.6 Å². The number of aryl methyl sites for hydroxylation is 1. The smallest absolute Gasteiger partial charge is 0.271 e. The Morgan fingerprint density at radius 1 is 1.07 bits per heavy atom. The summed E-state index contributed by atoms with van der Waals surface area (Å²) in [6.45, 7) is 0. The molecule has 4 nitrogen and oxygen atoms in total. The van der Waals surface area contributed by atoms with Gasteiger partial charge in [-0.3, -0.25) is 4.57 Å². The van der Waals surface area contributed by atoms with Gasteiger partial charge in [-0.15, -0.1) is 0 Å². The van der Waals surface area contributed by atoms with Gasteiger partial charge in [0.15, 0.2) is 0 Å². The molecule has 0 N–H and O–H groups in total. The first-order chi connectivity index (χ1) is 13.1. The minimum atomic E-state index is -0.618. The number of aromatic nitrogens is 3. The summed E-state index contributed by atoms with van der Waals surface area (Å²) < 4.78 is 30.6. The molecule has 0 spiro atoms. The fourth-order valence-electron chi connectivity index (χ4n) is 5.24. The zero-order valence-electron chi connectivity index (χ0n) is 14.5. The van der Waals surface area contributed by atoms with E-state index >= 15 is 0 Å². The van der Waals surface area contributed by atoms with Gasteiger partial charge >= 0.3 is 5.69 Å². The average Bonchev–Trinajstić information content (AvgIpc) is 2.97. The summed E-state index contributed by atoms with van der Waals surface area (Å²) in [5.74, 6) is 0.271. The lowest BCUT2D eigenvalue weighted by atomic mass is 10.0. The molecule has 4 atom stereocenters. The second-order valence-corrected chi connectivity index (χ2v) is 7.85. The molecule has 2 aromatic carbocycles. The van der Waals surface area contributed by atoms with E-state index in [-0.39, 0.29) is 17.8 Å². The van der Waals surface area contributed by atoms with Crippen molar-refractivity contribution in [3.8, 4) is 0 Å². The summed E-state index contributed by atoms with van der Waals surface area (Å²) in [5.41, 5.74) is 3.04. The van der Waals surface area contributed by atoms with Gasteiger partial charge in [0, 0.05) is 18.4 Å². The third-order valence-electron chi connectivity index (χ3n) is 6.41. The van der Waals surface area contributed by atoms with Crippen molar-refractivity contribution in [2.45, 2.75) is 37.3 Å². The number of fused-ring (bicyclic) bond motifs is 4. The van der Waals surface area contributed by atoms with Gasteiger partial charge in [-0.2, -0.15) is 5.10 Å². The molecule has 2 aliphatic carbocycles. The lowest BCUT2D eigenvalue weighted by molar-refractivity contribution is 0.510. The van der Waals surface area contributed by atoms with Crippen LogP contribution in [0.4, 0.5) is 8.78 Å². The van der Waals surface area contributed by atoms with E-state index in [2.05, 4.69) is 23.3 Å². The normalized spacial score (nSPS) is 27.3. The van der Waals surface area contributed by atoms with Crippen LogP contribution in [0.1, 0.15) is 46.9 Å². The quantitative estimate of drug-likeness (QED) is 0.699. The highest BCUT2D eigenvalue weighted by atomic mass is 19.1. The minimum absolute atomic E-state index is 0.107. The molecule has 6 rings (SSSR count). The zero-order valence-corrected chi connectivity index (χ0v) is 14.5. The Balaban J connectivity index is 1.39. The molecule has 1 aliphatic heterocycles. The number of halogens is 2. The zero-order chi connectivity index (χ0) is 18.3. The molecule has 0 saturated heterocycles. The molecule has 1 aromatic heterocycles. The van der Waals surface area contributed by atoms with Gasteiger partial charge in [-0.1, -0.05) is 24.3 Å². The Labute approximate surface area is 154 Å². The first kappa shape index (κ1) is 15.3. The van der Waals surface area contributed by atoms with E-state index in [1.54, 1.807) is 9.25 Å². The molecule has 3 aliphatic rings. The van der Waals surface area contributed by atoms with Gasteiger partial charge in [-0.25, -0.2) is 18.3 Å². The van der Waals surface area contributed by atoms with Crippen molar-refractivity contribution in [3.63, 3.8) is 0 Å². The first-order valence-corrected chi connectivity index (χ1v) is 9.35. The van der Waals surface area contributed by atoms with Crippen molar-refractivity contribution >= 4 is 0 Å². The van der Waals surface area contributed by atoms with Crippen LogP contribution in [-0.4, -0.2) is 14.3 Å². The molecule has 1 saturated carbocycles. The van der Waals surface area contributed by atoms with Gasteiger partial charge in [0.25, 0.3) is 0 Å². The van der Waals surface area contributed by atoms with Crippen LogP contribution in [0.25, 0.3) is 0 Å². The summed E-state index contributed by atoms with van der Waals surface area (Å²) in [6, 6.07) is 11.6. The van der Waals surface area contributed by atoms with E-state index in [0.29, 0.717) is 36.1 Å². The van der Waals surface area contributed by atoms with Crippen LogP contribution in [0.5, 0.6) is 0 Å². The predicted molar refractivity (Wildman–Crippen MR) is 94.7 cm³/mol. The van der Waals surface area contributed by atoms with Crippen molar-refractivity contribution in [2.75, 3.05) is 0 Å². The van der Waals surface area contributed by atoms with E-state index in [1.165, 1.54) is 23.3 Å². The van der Waals surface area contributed by atoms with E-state index in [4.69, 9.17) is 0 Å². The van der Waals surface area contributed by atoms with Crippen LogP contribution in [0.2, 0.25) is 0 Å². The number of hydrogen-bond acceptors (Lipinski definition) is 2. The standard InChI is InChI=1S/C21H17F2N3O/c22-13-7-12(8-14(23)10-13)17-5-6-18-24-26(21(27)25(17)18)20-16-9-11-3-1-2-4-15(11)19(16)20/h1-4,7-8,10,16-17,19-20H,5-6,9H2/t16?,17-,19?,20?/m0/s1. The second kappa shape index (κ2) is 5.15. The number of nitrogens with zero attached hydrogens (tertiary/aromatic N) is 3. The van der Waals surface area contributed by atoms with Crippen molar-refractivity contribution in [1.82, 2.24) is 14.3 Å².